The van der Waals surface area contributed by atoms with E-state index in [-0.39, 0.29) is 51.0 Å². The minimum atomic E-state index is 0. The standard InChI is InChI=1S/C9H13.C6H7.2ClH.Zr/c1-2-3-6-9-7-4-5-8-9;1-6-4-2-3-5-6;;;/h4-5,7-8H,2-3,6H2,1H3;2,4H,3H2,1H3;2*1H;/q2*-1;;;+4/p-2. The van der Waals surface area contributed by atoms with Crippen LogP contribution >= 0.6 is 0 Å². The molecule has 0 bridgehead atoms. The molecule has 0 heterocycles. The van der Waals surface area contributed by atoms with Crippen LogP contribution in [-0.4, -0.2) is 0 Å². The van der Waals surface area contributed by atoms with Crippen molar-refractivity contribution in [2.24, 2.45) is 0 Å². The Bertz CT molecular complexity index is 310. The monoisotopic (exact) mass is 360 g/mol. The first-order chi connectivity index (χ1) is 7.33. The fourth-order valence-electron chi connectivity index (χ4n) is 1.48. The second-order valence-electron chi connectivity index (χ2n) is 3.86. The van der Waals surface area contributed by atoms with E-state index in [2.05, 4.69) is 56.3 Å². The molecule has 1 aromatic rings. The van der Waals surface area contributed by atoms with Crippen LogP contribution in [0.3, 0.4) is 0 Å². The minimum Gasteiger partial charge on any atom is -1.00 e. The van der Waals surface area contributed by atoms with E-state index in [1.54, 1.807) is 0 Å². The summed E-state index contributed by atoms with van der Waals surface area (Å²) in [6.07, 6.45) is 12.2. The van der Waals surface area contributed by atoms with Gasteiger partial charge in [-0.2, -0.15) is 23.8 Å². The van der Waals surface area contributed by atoms with E-state index in [9.17, 15) is 0 Å². The van der Waals surface area contributed by atoms with Gasteiger partial charge in [-0.05, 0) is 0 Å². The van der Waals surface area contributed by atoms with Crippen molar-refractivity contribution in [3.8, 4) is 0 Å². The number of halogens is 2. The first-order valence-electron chi connectivity index (χ1n) is 5.77. The van der Waals surface area contributed by atoms with Crippen molar-refractivity contribution in [3.05, 3.63) is 53.6 Å². The maximum absolute atomic E-state index is 3.12. The molecule has 1 aliphatic rings. The molecule has 0 aromatic heterocycles. The molecule has 0 saturated carbocycles. The molecule has 1 aliphatic carbocycles. The predicted octanol–water partition coefficient (Wildman–Crippen LogP) is -1.55. The molecule has 0 N–H and O–H groups in total. The Labute approximate surface area is 143 Å². The zero-order chi connectivity index (χ0) is 10.9. The average molecular weight is 362 g/mol. The van der Waals surface area contributed by atoms with Crippen molar-refractivity contribution in [2.45, 2.75) is 39.5 Å². The third kappa shape index (κ3) is 11.4. The molecule has 0 radical (unpaired) electrons. The second-order valence-corrected chi connectivity index (χ2v) is 3.86. The van der Waals surface area contributed by atoms with Crippen molar-refractivity contribution in [1.29, 1.82) is 0 Å². The molecule has 0 nitrogen and oxygen atoms in total. The van der Waals surface area contributed by atoms with Gasteiger partial charge in [-0.1, -0.05) is 33.1 Å². The largest absolute Gasteiger partial charge is 4.00 e. The topological polar surface area (TPSA) is 0 Å². The quantitative estimate of drug-likeness (QED) is 0.572. The van der Waals surface area contributed by atoms with Gasteiger partial charge < -0.3 is 24.8 Å². The van der Waals surface area contributed by atoms with E-state index in [1.807, 2.05) is 0 Å². The smallest absolute Gasteiger partial charge is 1.00 e. The summed E-state index contributed by atoms with van der Waals surface area (Å²) in [6, 6.07) is 8.58. The van der Waals surface area contributed by atoms with Crippen LogP contribution in [0.2, 0.25) is 0 Å². The Morgan fingerprint density at radius 3 is 2.17 bits per heavy atom. The molecule has 0 saturated heterocycles. The van der Waals surface area contributed by atoms with Gasteiger partial charge in [-0.3, -0.25) is 6.08 Å². The Kier molecular flexibility index (Phi) is 19.9. The van der Waals surface area contributed by atoms with Crippen molar-refractivity contribution >= 4 is 0 Å². The Morgan fingerprint density at radius 1 is 1.22 bits per heavy atom. The molecule has 0 atom stereocenters. The maximum Gasteiger partial charge on any atom is 4.00 e. The normalized spacial score (nSPS) is 11.1. The van der Waals surface area contributed by atoms with Crippen LogP contribution < -0.4 is 24.8 Å². The van der Waals surface area contributed by atoms with Crippen LogP contribution in [0.25, 0.3) is 0 Å². The van der Waals surface area contributed by atoms with Gasteiger partial charge in [0.1, 0.15) is 0 Å². The van der Waals surface area contributed by atoms with Crippen LogP contribution in [0, 0.1) is 6.08 Å². The molecule has 3 heteroatoms. The van der Waals surface area contributed by atoms with E-state index in [4.69, 9.17) is 0 Å². The summed E-state index contributed by atoms with van der Waals surface area (Å²) in [7, 11) is 0. The fraction of sp³-hybridized carbons (Fsp3) is 0.400. The second kappa shape index (κ2) is 15.4. The van der Waals surface area contributed by atoms with Crippen LogP contribution in [-0.2, 0) is 32.6 Å². The summed E-state index contributed by atoms with van der Waals surface area (Å²) >= 11 is 0. The maximum atomic E-state index is 3.12. The Morgan fingerprint density at radius 2 is 1.83 bits per heavy atom. The van der Waals surface area contributed by atoms with Gasteiger partial charge >= 0.3 is 26.2 Å². The molecular formula is C15H20Cl2Zr. The first kappa shape index (κ1) is 23.4. The summed E-state index contributed by atoms with van der Waals surface area (Å²) < 4.78 is 0. The van der Waals surface area contributed by atoms with E-state index < -0.39 is 0 Å². The molecule has 0 aliphatic heterocycles. The number of hydrogen-bond acceptors (Lipinski definition) is 0. The molecule has 0 unspecified atom stereocenters. The number of aryl methyl sites for hydroxylation is 1. The van der Waals surface area contributed by atoms with Crippen LogP contribution in [0.1, 0.15) is 38.7 Å². The van der Waals surface area contributed by atoms with Crippen molar-refractivity contribution < 1.29 is 51.0 Å². The third-order valence-electron chi connectivity index (χ3n) is 2.42. The van der Waals surface area contributed by atoms with Gasteiger partial charge in [0, 0.05) is 0 Å². The fourth-order valence-corrected chi connectivity index (χ4v) is 1.48. The summed E-state index contributed by atoms with van der Waals surface area (Å²) in [5, 5.41) is 0. The molecular weight excluding hydrogens is 342 g/mol. The van der Waals surface area contributed by atoms with Crippen molar-refractivity contribution in [3.63, 3.8) is 0 Å². The third-order valence-corrected chi connectivity index (χ3v) is 2.42. The van der Waals surface area contributed by atoms with Gasteiger partial charge in [0.05, 0.1) is 0 Å². The van der Waals surface area contributed by atoms with Crippen LogP contribution in [0.15, 0.2) is 42.0 Å². The Hall–Kier alpha value is 0.293. The summed E-state index contributed by atoms with van der Waals surface area (Å²) in [5.74, 6) is 0. The van der Waals surface area contributed by atoms with E-state index in [0.29, 0.717) is 0 Å². The summed E-state index contributed by atoms with van der Waals surface area (Å²) in [6.45, 7) is 4.28. The zero-order valence-electron chi connectivity index (χ0n) is 11.0. The number of unbranched alkanes of at least 4 members (excludes halogenated alkanes) is 1. The molecule has 0 fully saturated rings. The predicted molar refractivity (Wildman–Crippen MR) is 66.8 cm³/mol. The number of hydrogen-bond donors (Lipinski definition) is 0. The summed E-state index contributed by atoms with van der Waals surface area (Å²) in [4.78, 5) is 0. The number of rotatable bonds is 3. The molecule has 1 aromatic carbocycles. The van der Waals surface area contributed by atoms with Crippen molar-refractivity contribution in [2.75, 3.05) is 0 Å². The van der Waals surface area contributed by atoms with Crippen molar-refractivity contribution in [1.82, 2.24) is 0 Å². The van der Waals surface area contributed by atoms with E-state index >= 15 is 0 Å². The SMILES string of the molecule is CC1=[C-]CC=C1.CCCC[c-]1cccc1.[Cl-].[Cl-].[Zr+4]. The van der Waals surface area contributed by atoms with Gasteiger partial charge in [0.15, 0.2) is 0 Å². The average Bonchev–Trinajstić information content (AvgIpc) is 2.88. The van der Waals surface area contributed by atoms with Gasteiger partial charge in [-0.15, -0.1) is 6.42 Å². The Balaban J connectivity index is -0.000000225. The summed E-state index contributed by atoms with van der Waals surface area (Å²) in [5.41, 5.74) is 2.76. The zero-order valence-corrected chi connectivity index (χ0v) is 15.0. The van der Waals surface area contributed by atoms with Gasteiger partial charge in [0.2, 0.25) is 0 Å². The molecule has 18 heavy (non-hydrogen) atoms. The molecule has 0 amide bonds. The minimum absolute atomic E-state index is 0. The van der Waals surface area contributed by atoms with E-state index in [0.717, 1.165) is 6.42 Å². The van der Waals surface area contributed by atoms with E-state index in [1.165, 1.54) is 30.4 Å². The van der Waals surface area contributed by atoms with Crippen LogP contribution in [0.4, 0.5) is 0 Å². The molecule has 0 spiro atoms. The first-order valence-corrected chi connectivity index (χ1v) is 5.77. The molecule has 98 valence electrons. The van der Waals surface area contributed by atoms with Gasteiger partial charge in [-0.25, -0.2) is 23.8 Å². The number of allylic oxidation sites excluding steroid dienone is 4. The van der Waals surface area contributed by atoms with Gasteiger partial charge in [0.25, 0.3) is 0 Å². The van der Waals surface area contributed by atoms with Crippen LogP contribution in [0.5, 0.6) is 0 Å². The molecule has 2 rings (SSSR count).